The number of halogens is 1. The van der Waals surface area contributed by atoms with E-state index < -0.39 is 0 Å². The van der Waals surface area contributed by atoms with Crippen molar-refractivity contribution in [1.29, 1.82) is 0 Å². The lowest BCUT2D eigenvalue weighted by Crippen LogP contribution is -2.14. The van der Waals surface area contributed by atoms with Crippen molar-refractivity contribution in [2.45, 2.75) is 44.2 Å². The first-order valence-corrected chi connectivity index (χ1v) is 45.1. The fourth-order valence-corrected chi connectivity index (χ4v) is 13.3. The smallest absolute Gasteiger partial charge is 0.246 e. The number of para-hydroxylation sites is 2. The monoisotopic (exact) mass is 1350 g/mol. The SMILES string of the molecule is CCCC[S+](C)COc1ccccc1.C[S+](C)C.C[S+](C)COc1ccccc1.C[S+](C)c1ccc(O)c2cccc(O)c12.C[S+](C)c1ccc(O)c2ccccc12.C[S+](C)c1ccc(O)cc1.C[S+](C)c1ccccc1.C[S+](CCl)c1ccccc1. The zero-order valence-electron chi connectivity index (χ0n) is 54.2. The molecule has 9 aromatic rings. The molecule has 0 saturated carbocycles. The summed E-state index contributed by atoms with van der Waals surface area (Å²) in [6.45, 7) is 2.23. The Morgan fingerprint density at radius 1 is 0.368 bits per heavy atom. The highest BCUT2D eigenvalue weighted by Crippen LogP contribution is 2.36. The quantitative estimate of drug-likeness (QED) is 0.0603. The van der Waals surface area contributed by atoms with Crippen LogP contribution >= 0.6 is 11.6 Å². The highest BCUT2D eigenvalue weighted by Gasteiger charge is 2.19. The van der Waals surface area contributed by atoms with E-state index in [9.17, 15) is 15.3 Å². The van der Waals surface area contributed by atoms with Crippen LogP contribution in [0.5, 0.6) is 34.5 Å². The van der Waals surface area contributed by atoms with E-state index in [2.05, 4.69) is 149 Å². The number of alkyl halides is 1. The van der Waals surface area contributed by atoms with Gasteiger partial charge in [0.25, 0.3) is 0 Å². The Balaban J connectivity index is 0.000000345. The van der Waals surface area contributed by atoms with Crippen LogP contribution in [-0.2, 0) is 87.2 Å². The van der Waals surface area contributed by atoms with E-state index in [1.54, 1.807) is 36.4 Å². The summed E-state index contributed by atoms with van der Waals surface area (Å²) in [6, 6.07) is 68.8. The summed E-state index contributed by atoms with van der Waals surface area (Å²) < 4.78 is 11.2. The Morgan fingerprint density at radius 2 is 0.770 bits per heavy atom. The van der Waals surface area contributed by atoms with Crippen LogP contribution in [0.4, 0.5) is 0 Å². The van der Waals surface area contributed by atoms with Gasteiger partial charge in [-0.1, -0.05) is 128 Å². The second-order valence-corrected chi connectivity index (χ2v) is 38.6. The number of phenols is 4. The van der Waals surface area contributed by atoms with Gasteiger partial charge in [-0.2, -0.15) is 0 Å². The van der Waals surface area contributed by atoms with Gasteiger partial charge < -0.3 is 29.9 Å². The van der Waals surface area contributed by atoms with Gasteiger partial charge in [-0.15, -0.1) is 0 Å². The number of fused-ring (bicyclic) bond motifs is 2. The third kappa shape index (κ3) is 33.2. The van der Waals surface area contributed by atoms with E-state index in [1.807, 2.05) is 127 Å². The minimum atomic E-state index is 0.0568. The third-order valence-electron chi connectivity index (χ3n) is 11.8. The van der Waals surface area contributed by atoms with Gasteiger partial charge in [0.05, 0.1) is 24.2 Å². The molecular formula is C72H99ClO6S8+8. The summed E-state index contributed by atoms with van der Waals surface area (Å²) in [5.74, 6) is 6.10. The average molecular weight is 1350 g/mol. The summed E-state index contributed by atoms with van der Waals surface area (Å²) in [6.07, 6.45) is 35.3. The molecule has 0 aliphatic carbocycles. The molecule has 0 aliphatic rings. The molecule has 9 rings (SSSR count). The van der Waals surface area contributed by atoms with Gasteiger partial charge in [0.2, 0.25) is 11.9 Å². The van der Waals surface area contributed by atoms with Crippen molar-refractivity contribution in [3.8, 4) is 34.5 Å². The zero-order valence-corrected chi connectivity index (χ0v) is 61.5. The maximum atomic E-state index is 9.82. The molecule has 0 fully saturated rings. The topological polar surface area (TPSA) is 99.4 Å². The molecular weight excluding hydrogens is 1250 g/mol. The maximum absolute atomic E-state index is 9.82. The van der Waals surface area contributed by atoms with Crippen molar-refractivity contribution in [2.75, 3.05) is 117 Å². The Kier molecular flexibility index (Phi) is 41.1. The fourth-order valence-electron chi connectivity index (χ4n) is 7.26. The molecule has 0 amide bonds. The minimum Gasteiger partial charge on any atom is -0.508 e. The van der Waals surface area contributed by atoms with Gasteiger partial charge in [0.1, 0.15) is 115 Å². The van der Waals surface area contributed by atoms with Crippen molar-refractivity contribution < 1.29 is 29.9 Å². The predicted molar refractivity (Wildman–Crippen MR) is 407 cm³/mol. The summed E-state index contributed by atoms with van der Waals surface area (Å²) in [5, 5.41) is 42.5. The van der Waals surface area contributed by atoms with E-state index in [0.717, 1.165) is 44.3 Å². The molecule has 9 aromatic carbocycles. The van der Waals surface area contributed by atoms with Gasteiger partial charge >= 0.3 is 0 Å². The van der Waals surface area contributed by atoms with Gasteiger partial charge in [0, 0.05) is 92.4 Å². The first-order chi connectivity index (χ1) is 41.5. The number of rotatable bonds is 15. The summed E-state index contributed by atoms with van der Waals surface area (Å²) in [4.78, 5) is 6.48. The summed E-state index contributed by atoms with van der Waals surface area (Å²) in [7, 11) is 2.64. The molecule has 87 heavy (non-hydrogen) atoms. The molecule has 470 valence electrons. The van der Waals surface area contributed by atoms with Crippen LogP contribution in [0.1, 0.15) is 19.8 Å². The molecule has 0 spiro atoms. The molecule has 6 nitrogen and oxygen atoms in total. The molecule has 4 N–H and O–H groups in total. The predicted octanol–water partition coefficient (Wildman–Crippen LogP) is 16.8. The number of phenolic OH excluding ortho intramolecular Hbond substituents is 4. The molecule has 0 aromatic heterocycles. The van der Waals surface area contributed by atoms with Crippen LogP contribution in [0, 0.1) is 0 Å². The molecule has 0 saturated heterocycles. The van der Waals surface area contributed by atoms with Crippen molar-refractivity contribution in [2.24, 2.45) is 0 Å². The summed E-state index contributed by atoms with van der Waals surface area (Å²) in [5.41, 5.74) is 0. The number of hydrogen-bond acceptors (Lipinski definition) is 6. The van der Waals surface area contributed by atoms with Crippen molar-refractivity contribution in [1.82, 2.24) is 0 Å². The van der Waals surface area contributed by atoms with E-state index in [4.69, 9.17) is 26.2 Å². The molecule has 0 aliphatic heterocycles. The molecule has 2 unspecified atom stereocenters. The second kappa shape index (κ2) is 45.6. The van der Waals surface area contributed by atoms with Crippen LogP contribution < -0.4 is 9.47 Å². The van der Waals surface area contributed by atoms with Gasteiger partial charge in [0.15, 0.2) is 29.7 Å². The van der Waals surface area contributed by atoms with Crippen LogP contribution in [0.25, 0.3) is 21.5 Å². The van der Waals surface area contributed by atoms with Gasteiger partial charge in [-0.05, 0) is 127 Å². The standard InChI is InChI=1S/C12H12O2S.C12H12OS.C12H19OS.C9H13OS.C8H10ClS.C8H10OS.C8H11S.C3H9S/c1-15(2)11-7-6-9(13)8-4-3-5-10(14)12(8)11;1-14(2)12-8-7-11(13)9-5-3-4-6-10(9)12;1-3-4-10-14(2)11-13-12-8-6-5-7-9-12;1-11(2)8-10-9-6-4-3-5-7-9;1-10(7-9)8-5-3-2-4-6-8;1-10(2)8-5-3-7(9)4-6-8;1-9(2)8-6-4-3-5-7-8;1-4(2)3/h3-7H,1-2H3,(H-,13,14);3-8H,1-2H3;5-9H,3-4,10-11H2,1-2H3;3-7H,8H2,1-2H3;2-6H,7H2,1H3;3-6H,1-2H3;3-7H,1-2H3;1-3H3/q;;3*+1;;2*+1/p+3. The minimum absolute atomic E-state index is 0.0568. The Morgan fingerprint density at radius 3 is 1.21 bits per heavy atom. The Hall–Kier alpha value is -4.61. The average Bonchev–Trinajstić information content (AvgIpc) is 1.79. The number of benzene rings is 9. The first kappa shape index (κ1) is 78.5. The van der Waals surface area contributed by atoms with E-state index >= 15 is 0 Å². The lowest BCUT2D eigenvalue weighted by Gasteiger charge is -2.06. The molecule has 0 radical (unpaired) electrons. The van der Waals surface area contributed by atoms with E-state index in [1.165, 1.54) is 43.6 Å². The van der Waals surface area contributed by atoms with Crippen molar-refractivity contribution in [3.05, 3.63) is 212 Å². The Labute approximate surface area is 553 Å². The molecule has 0 bridgehead atoms. The maximum Gasteiger partial charge on any atom is 0.246 e. The lowest BCUT2D eigenvalue weighted by atomic mass is 10.1. The normalized spacial score (nSPS) is 11.1. The number of ether oxygens (including phenoxy) is 2. The van der Waals surface area contributed by atoms with Crippen molar-refractivity contribution in [3.63, 3.8) is 0 Å². The van der Waals surface area contributed by atoms with Crippen LogP contribution in [-0.4, -0.2) is 137 Å². The zero-order chi connectivity index (χ0) is 64.7. The van der Waals surface area contributed by atoms with Gasteiger partial charge in [-0.25, -0.2) is 0 Å². The molecule has 2 atom stereocenters. The fraction of sp³-hybridized carbons (Fsp3) is 0.306. The number of aromatic hydroxyl groups is 4. The number of unbranched alkanes of at least 4 members (excludes halogenated alkanes) is 1. The highest BCUT2D eigenvalue weighted by molar-refractivity contribution is 7.97. The lowest BCUT2D eigenvalue weighted by molar-refractivity contribution is 0.390. The van der Waals surface area contributed by atoms with Gasteiger partial charge in [-0.3, -0.25) is 0 Å². The third-order valence-corrected chi connectivity index (χ3v) is 21.1. The van der Waals surface area contributed by atoms with E-state index in [0.29, 0.717) is 71.4 Å². The number of hydrogen-bond donors (Lipinski definition) is 4. The van der Waals surface area contributed by atoms with Crippen LogP contribution in [0.15, 0.2) is 237 Å². The van der Waals surface area contributed by atoms with Crippen LogP contribution in [0.3, 0.4) is 0 Å². The Bertz CT molecular complexity index is 3180. The van der Waals surface area contributed by atoms with Crippen LogP contribution in [0.2, 0.25) is 0 Å². The molecule has 15 heteroatoms. The highest BCUT2D eigenvalue weighted by atomic mass is 35.5. The largest absolute Gasteiger partial charge is 0.508 e. The molecule has 0 heterocycles. The van der Waals surface area contributed by atoms with Crippen molar-refractivity contribution >= 4 is 120 Å². The van der Waals surface area contributed by atoms with E-state index in [-0.39, 0.29) is 44.2 Å². The second-order valence-electron chi connectivity index (χ2n) is 20.7. The first-order valence-electron chi connectivity index (χ1n) is 28.0. The summed E-state index contributed by atoms with van der Waals surface area (Å²) >= 11 is 5.70.